The van der Waals surface area contributed by atoms with Gasteiger partial charge in [-0.1, -0.05) is 121 Å². The predicted octanol–water partition coefficient (Wildman–Crippen LogP) is 15.5. The molecule has 0 unspecified atom stereocenters. The molecule has 4 heterocycles. The lowest BCUT2D eigenvalue weighted by molar-refractivity contribution is 0.619. The van der Waals surface area contributed by atoms with Crippen molar-refractivity contribution in [2.75, 3.05) is 0 Å². The Bertz CT molecular complexity index is 3910. The summed E-state index contributed by atoms with van der Waals surface area (Å²) in [6.45, 7) is 0. The van der Waals surface area contributed by atoms with Gasteiger partial charge in [-0.15, -0.1) is 0 Å². The zero-order valence-corrected chi connectivity index (χ0v) is 34.2. The molecular weight excluding hydrogens is 785 g/mol. The van der Waals surface area contributed by atoms with E-state index in [1.165, 1.54) is 65.2 Å². The Hall–Kier alpha value is -8.74. The summed E-state index contributed by atoms with van der Waals surface area (Å²) in [5.74, 6) is 1.17. The molecule has 0 aliphatic rings. The highest BCUT2D eigenvalue weighted by molar-refractivity contribution is 6.19. The first-order valence-electron chi connectivity index (χ1n) is 21.6. The Kier molecular flexibility index (Phi) is 7.30. The summed E-state index contributed by atoms with van der Waals surface area (Å²) in [6, 6.07) is 72.7. The van der Waals surface area contributed by atoms with Gasteiger partial charge in [-0.2, -0.15) is 0 Å². The smallest absolute Gasteiger partial charge is 0.227 e. The second kappa shape index (κ2) is 13.4. The molecule has 0 atom stereocenters. The quantitative estimate of drug-likeness (QED) is 0.174. The van der Waals surface area contributed by atoms with E-state index >= 15 is 0 Å². The molecule has 14 aromatic rings. The van der Waals surface area contributed by atoms with Gasteiger partial charge < -0.3 is 18.0 Å². The average molecular weight is 819 g/mol. The molecule has 0 aliphatic carbocycles. The van der Waals surface area contributed by atoms with Crippen molar-refractivity contribution < 1.29 is 8.83 Å². The highest BCUT2D eigenvalue weighted by atomic mass is 16.4. The Labute approximate surface area is 365 Å². The van der Waals surface area contributed by atoms with E-state index in [1.54, 1.807) is 0 Å². The minimum atomic E-state index is 0.584. The normalized spacial score (nSPS) is 12.1. The SMILES string of the molecule is c1ccc2c(c1)ccc1c3ccccc3n(-c3ccc(-c4nc5cc(-c6ccc7oc(-c8ccc(-n9c%10ccccc%10c%10ccc%11ccccc%11c%109)cc8)nc7c6)ccc5o4)cc3)c21. The van der Waals surface area contributed by atoms with E-state index in [4.69, 9.17) is 18.8 Å². The number of hydrogen-bond acceptors (Lipinski definition) is 4. The fraction of sp³-hybridized carbons (Fsp3) is 0. The summed E-state index contributed by atoms with van der Waals surface area (Å²) in [4.78, 5) is 9.95. The summed E-state index contributed by atoms with van der Waals surface area (Å²) < 4.78 is 17.4. The van der Waals surface area contributed by atoms with Gasteiger partial charge in [-0.25, -0.2) is 9.97 Å². The molecule has 0 amide bonds. The number of rotatable bonds is 5. The zero-order chi connectivity index (χ0) is 41.9. The molecule has 6 nitrogen and oxygen atoms in total. The molecule has 10 aromatic carbocycles. The van der Waals surface area contributed by atoms with Crippen LogP contribution < -0.4 is 0 Å². The number of para-hydroxylation sites is 2. The topological polar surface area (TPSA) is 61.9 Å². The summed E-state index contributed by atoms with van der Waals surface area (Å²) in [7, 11) is 0. The Morgan fingerprint density at radius 2 is 0.703 bits per heavy atom. The highest BCUT2D eigenvalue weighted by Crippen LogP contribution is 2.39. The fourth-order valence-corrected chi connectivity index (χ4v) is 9.96. The summed E-state index contributed by atoms with van der Waals surface area (Å²) in [6.07, 6.45) is 0. The minimum absolute atomic E-state index is 0.584. The van der Waals surface area contributed by atoms with Crippen molar-refractivity contribution in [2.24, 2.45) is 0 Å². The third-order valence-electron chi connectivity index (χ3n) is 13.0. The van der Waals surface area contributed by atoms with E-state index in [-0.39, 0.29) is 0 Å². The number of hydrogen-bond donors (Lipinski definition) is 0. The van der Waals surface area contributed by atoms with Crippen LogP contribution in [0.5, 0.6) is 0 Å². The van der Waals surface area contributed by atoms with Crippen LogP contribution in [0, 0.1) is 0 Å². The van der Waals surface area contributed by atoms with Crippen LogP contribution in [0.25, 0.3) is 133 Å². The van der Waals surface area contributed by atoms with Gasteiger partial charge in [-0.3, -0.25) is 0 Å². The van der Waals surface area contributed by atoms with Gasteiger partial charge in [0, 0.05) is 54.8 Å². The number of oxazole rings is 2. The molecule has 0 bridgehead atoms. The van der Waals surface area contributed by atoms with Gasteiger partial charge in [0.25, 0.3) is 0 Å². The monoisotopic (exact) mass is 818 g/mol. The van der Waals surface area contributed by atoms with Crippen LogP contribution in [0.15, 0.2) is 215 Å². The third kappa shape index (κ3) is 5.20. The van der Waals surface area contributed by atoms with Crippen molar-refractivity contribution >= 4 is 87.4 Å². The van der Waals surface area contributed by atoms with Crippen molar-refractivity contribution in [3.63, 3.8) is 0 Å². The average Bonchev–Trinajstić information content (AvgIpc) is 4.15. The number of benzene rings is 10. The lowest BCUT2D eigenvalue weighted by Gasteiger charge is -2.10. The van der Waals surface area contributed by atoms with Crippen molar-refractivity contribution in [1.29, 1.82) is 0 Å². The Balaban J connectivity index is 0.771. The van der Waals surface area contributed by atoms with Crippen molar-refractivity contribution in [3.8, 4) is 45.4 Å². The molecular formula is C58H34N4O2. The maximum absolute atomic E-state index is 6.34. The van der Waals surface area contributed by atoms with Crippen LogP contribution in [0.1, 0.15) is 0 Å². The molecule has 4 aromatic heterocycles. The van der Waals surface area contributed by atoms with E-state index in [1.807, 2.05) is 12.1 Å². The first-order chi connectivity index (χ1) is 31.7. The zero-order valence-electron chi connectivity index (χ0n) is 34.2. The van der Waals surface area contributed by atoms with Crippen molar-refractivity contribution in [1.82, 2.24) is 19.1 Å². The van der Waals surface area contributed by atoms with Gasteiger partial charge in [-0.05, 0) is 107 Å². The van der Waals surface area contributed by atoms with Crippen LogP contribution in [-0.4, -0.2) is 19.1 Å². The standard InChI is InChI=1S/C58H34N4O2/c1-3-11-43-35(9-1)21-29-47-45-13-5-7-15-51(45)61(55(43)47)41-25-17-37(18-26-41)57-59-49-33-39(23-31-53(49)63-57)40-24-32-54-50(34-40)60-58(64-54)38-19-27-42(28-20-38)62-52-16-8-6-14-46(52)48-30-22-36-10-2-4-12-44(36)56(48)62/h1-34H. The molecule has 6 heteroatoms. The van der Waals surface area contributed by atoms with Crippen LogP contribution in [0.3, 0.4) is 0 Å². The highest BCUT2D eigenvalue weighted by Gasteiger charge is 2.18. The molecule has 14 rings (SSSR count). The Morgan fingerprint density at radius 1 is 0.312 bits per heavy atom. The largest absolute Gasteiger partial charge is 0.436 e. The second-order valence-corrected chi connectivity index (χ2v) is 16.6. The van der Waals surface area contributed by atoms with E-state index in [9.17, 15) is 0 Å². The van der Waals surface area contributed by atoms with Crippen LogP contribution >= 0.6 is 0 Å². The molecule has 0 saturated carbocycles. The number of nitrogens with zero attached hydrogens (tertiary/aromatic N) is 4. The first-order valence-corrected chi connectivity index (χ1v) is 21.6. The van der Waals surface area contributed by atoms with Gasteiger partial charge in [0.1, 0.15) is 11.0 Å². The number of aromatic nitrogens is 4. The predicted molar refractivity (Wildman–Crippen MR) is 262 cm³/mol. The molecule has 0 spiro atoms. The number of fused-ring (bicyclic) bond motifs is 12. The van der Waals surface area contributed by atoms with Crippen LogP contribution in [0.2, 0.25) is 0 Å². The van der Waals surface area contributed by atoms with Crippen molar-refractivity contribution in [3.05, 3.63) is 206 Å². The molecule has 0 N–H and O–H groups in total. The Morgan fingerprint density at radius 3 is 1.16 bits per heavy atom. The molecule has 0 radical (unpaired) electrons. The maximum atomic E-state index is 6.34. The molecule has 0 saturated heterocycles. The molecule has 64 heavy (non-hydrogen) atoms. The summed E-state index contributed by atoms with van der Waals surface area (Å²) in [5, 5.41) is 9.86. The van der Waals surface area contributed by atoms with Gasteiger partial charge >= 0.3 is 0 Å². The fourth-order valence-electron chi connectivity index (χ4n) is 9.96. The molecule has 0 fully saturated rings. The lowest BCUT2D eigenvalue weighted by atomic mass is 10.0. The van der Waals surface area contributed by atoms with Crippen molar-refractivity contribution in [2.45, 2.75) is 0 Å². The summed E-state index contributed by atoms with van der Waals surface area (Å²) >= 11 is 0. The van der Waals surface area contributed by atoms with E-state index in [0.717, 1.165) is 55.8 Å². The second-order valence-electron chi connectivity index (χ2n) is 16.6. The first kappa shape index (κ1) is 34.9. The third-order valence-corrected chi connectivity index (χ3v) is 13.0. The van der Waals surface area contributed by atoms with Gasteiger partial charge in [0.05, 0.1) is 22.1 Å². The van der Waals surface area contributed by atoms with E-state index in [2.05, 4.69) is 203 Å². The lowest BCUT2D eigenvalue weighted by Crippen LogP contribution is -1.94. The molecule has 298 valence electrons. The van der Waals surface area contributed by atoms with E-state index < -0.39 is 0 Å². The van der Waals surface area contributed by atoms with Crippen LogP contribution in [-0.2, 0) is 0 Å². The van der Waals surface area contributed by atoms with E-state index in [0.29, 0.717) is 11.8 Å². The maximum Gasteiger partial charge on any atom is 0.227 e. The van der Waals surface area contributed by atoms with Crippen LogP contribution in [0.4, 0.5) is 0 Å². The molecule has 0 aliphatic heterocycles. The van der Waals surface area contributed by atoms with Gasteiger partial charge in [0.15, 0.2) is 11.2 Å². The minimum Gasteiger partial charge on any atom is -0.436 e. The summed E-state index contributed by atoms with van der Waals surface area (Å²) in [5.41, 5.74) is 13.9. The van der Waals surface area contributed by atoms with Gasteiger partial charge in [0.2, 0.25) is 11.8 Å².